The van der Waals surface area contributed by atoms with Crippen molar-refractivity contribution < 1.29 is 9.32 Å². The molecule has 0 aliphatic heterocycles. The van der Waals surface area contributed by atoms with E-state index in [2.05, 4.69) is 15.5 Å². The van der Waals surface area contributed by atoms with E-state index in [4.69, 9.17) is 4.52 Å². The molecule has 0 saturated carbocycles. The minimum atomic E-state index is -0.161. The Bertz CT molecular complexity index is 542. The fourth-order valence-corrected chi connectivity index (χ4v) is 1.71. The predicted octanol–water partition coefficient (Wildman–Crippen LogP) is 1.94. The summed E-state index contributed by atoms with van der Waals surface area (Å²) in [5.41, 5.74) is 0.732. The highest BCUT2D eigenvalue weighted by atomic mass is 16.5. The van der Waals surface area contributed by atoms with E-state index >= 15 is 0 Å². The highest BCUT2D eigenvalue weighted by Gasteiger charge is 2.11. The number of nitrogens with one attached hydrogen (secondary N) is 1. The number of carbonyl (C=O) groups excluding carboxylic acids is 1. The number of anilines is 1. The van der Waals surface area contributed by atoms with Gasteiger partial charge in [-0.3, -0.25) is 10.1 Å². The van der Waals surface area contributed by atoms with Crippen molar-refractivity contribution in [2.24, 2.45) is 0 Å². The molecule has 0 atom stereocenters. The number of aromatic nitrogens is 3. The number of carbonyl (C=O) groups is 1. The number of rotatable bonds is 4. The second kappa shape index (κ2) is 5.03. The molecule has 0 bridgehead atoms. The minimum Gasteiger partial charge on any atom is -0.338 e. The zero-order chi connectivity index (χ0) is 13.1. The first-order chi connectivity index (χ1) is 8.56. The van der Waals surface area contributed by atoms with E-state index in [0.29, 0.717) is 5.88 Å². The van der Waals surface area contributed by atoms with Gasteiger partial charge in [-0.25, -0.2) is 4.98 Å². The molecule has 0 aromatic carbocycles. The van der Waals surface area contributed by atoms with Crippen molar-refractivity contribution in [3.05, 3.63) is 30.0 Å². The average molecular weight is 248 g/mol. The van der Waals surface area contributed by atoms with E-state index in [1.54, 1.807) is 25.4 Å². The summed E-state index contributed by atoms with van der Waals surface area (Å²) in [5.74, 6) is 1.37. The van der Waals surface area contributed by atoms with Gasteiger partial charge in [0.25, 0.3) is 0 Å². The Kier molecular flexibility index (Phi) is 3.45. The number of hydrogen-bond acceptors (Lipinski definition) is 4. The molecule has 0 fully saturated rings. The Morgan fingerprint density at radius 3 is 2.94 bits per heavy atom. The van der Waals surface area contributed by atoms with Crippen LogP contribution >= 0.6 is 0 Å². The number of hydrogen-bond donors (Lipinski definition) is 1. The van der Waals surface area contributed by atoms with E-state index in [1.807, 2.05) is 18.4 Å². The van der Waals surface area contributed by atoms with Crippen LogP contribution in [0.15, 0.2) is 23.0 Å². The number of nitrogens with zero attached hydrogens (tertiary/aromatic N) is 3. The molecule has 96 valence electrons. The topological polar surface area (TPSA) is 73.0 Å². The van der Waals surface area contributed by atoms with Crippen LogP contribution in [0.4, 0.5) is 5.88 Å². The molecule has 6 nitrogen and oxygen atoms in total. The van der Waals surface area contributed by atoms with Crippen LogP contribution in [0.5, 0.6) is 0 Å². The van der Waals surface area contributed by atoms with Gasteiger partial charge in [0, 0.05) is 24.4 Å². The summed E-state index contributed by atoms with van der Waals surface area (Å²) < 4.78 is 6.75. The van der Waals surface area contributed by atoms with Crippen molar-refractivity contribution in [3.8, 4) is 0 Å². The first kappa shape index (κ1) is 12.3. The third kappa shape index (κ3) is 2.77. The largest absolute Gasteiger partial charge is 0.338 e. The molecular formula is C12H16N4O2. The summed E-state index contributed by atoms with van der Waals surface area (Å²) in [6, 6.07) is 1.68. The average Bonchev–Trinajstić information content (AvgIpc) is 2.87. The lowest BCUT2D eigenvalue weighted by Gasteiger charge is -2.09. The molecule has 0 radical (unpaired) electrons. The third-order valence-corrected chi connectivity index (χ3v) is 2.47. The second-order valence-electron chi connectivity index (χ2n) is 4.45. The van der Waals surface area contributed by atoms with E-state index in [1.165, 1.54) is 0 Å². The molecule has 0 unspecified atom stereocenters. The smallest absolute Gasteiger partial charge is 0.246 e. The van der Waals surface area contributed by atoms with Gasteiger partial charge in [-0.1, -0.05) is 19.0 Å². The van der Waals surface area contributed by atoms with E-state index in [0.717, 1.165) is 11.5 Å². The zero-order valence-corrected chi connectivity index (χ0v) is 10.7. The molecule has 2 rings (SSSR count). The molecule has 0 spiro atoms. The summed E-state index contributed by atoms with van der Waals surface area (Å²) in [7, 11) is 0. The van der Waals surface area contributed by atoms with Gasteiger partial charge in [-0.2, -0.15) is 0 Å². The van der Waals surface area contributed by atoms with Crippen LogP contribution in [0.25, 0.3) is 0 Å². The summed E-state index contributed by atoms with van der Waals surface area (Å²) in [4.78, 5) is 16.0. The van der Waals surface area contributed by atoms with Gasteiger partial charge in [0.15, 0.2) is 0 Å². The van der Waals surface area contributed by atoms with Crippen LogP contribution < -0.4 is 5.32 Å². The highest BCUT2D eigenvalue weighted by Crippen LogP contribution is 2.12. The van der Waals surface area contributed by atoms with Crippen LogP contribution in [0.2, 0.25) is 0 Å². The molecule has 1 N–H and O–H groups in total. The van der Waals surface area contributed by atoms with Crippen molar-refractivity contribution in [1.29, 1.82) is 0 Å². The normalized spacial score (nSPS) is 10.9. The zero-order valence-electron chi connectivity index (χ0n) is 10.7. The summed E-state index contributed by atoms with van der Waals surface area (Å²) >= 11 is 0. The van der Waals surface area contributed by atoms with Crippen molar-refractivity contribution in [2.75, 3.05) is 5.32 Å². The van der Waals surface area contributed by atoms with Gasteiger partial charge in [-0.05, 0) is 6.92 Å². The van der Waals surface area contributed by atoms with Gasteiger partial charge >= 0.3 is 0 Å². The molecular weight excluding hydrogens is 232 g/mol. The standard InChI is InChI=1S/C12H16N4O2/c1-8(2)12-13-4-5-16(12)7-10(17)14-11-6-9(3)15-18-11/h4-6,8H,7H2,1-3H3,(H,14,17). The maximum atomic E-state index is 11.8. The Balaban J connectivity index is 2.01. The summed E-state index contributed by atoms with van der Waals surface area (Å²) in [5, 5.41) is 6.35. The number of amides is 1. The van der Waals surface area contributed by atoms with Gasteiger partial charge in [0.2, 0.25) is 11.8 Å². The van der Waals surface area contributed by atoms with Crippen molar-refractivity contribution in [3.63, 3.8) is 0 Å². The monoisotopic (exact) mass is 248 g/mol. The van der Waals surface area contributed by atoms with E-state index in [-0.39, 0.29) is 18.4 Å². The first-order valence-corrected chi connectivity index (χ1v) is 5.80. The van der Waals surface area contributed by atoms with Crippen molar-refractivity contribution in [2.45, 2.75) is 33.2 Å². The van der Waals surface area contributed by atoms with Crippen molar-refractivity contribution >= 4 is 11.8 Å². The molecule has 0 aliphatic rings. The van der Waals surface area contributed by atoms with Crippen LogP contribution in [0.1, 0.15) is 31.3 Å². The molecule has 2 aromatic rings. The lowest BCUT2D eigenvalue weighted by atomic mass is 10.2. The quantitative estimate of drug-likeness (QED) is 0.897. The SMILES string of the molecule is Cc1cc(NC(=O)Cn2ccnc2C(C)C)on1. The number of imidazole rings is 1. The van der Waals surface area contributed by atoms with E-state index < -0.39 is 0 Å². The molecule has 6 heteroatoms. The lowest BCUT2D eigenvalue weighted by Crippen LogP contribution is -2.19. The van der Waals surface area contributed by atoms with E-state index in [9.17, 15) is 4.79 Å². The Morgan fingerprint density at radius 2 is 2.33 bits per heavy atom. The molecule has 0 aliphatic carbocycles. The molecule has 2 aromatic heterocycles. The van der Waals surface area contributed by atoms with Crippen LogP contribution in [0, 0.1) is 6.92 Å². The summed E-state index contributed by atoms with van der Waals surface area (Å²) in [6.45, 7) is 6.09. The molecule has 0 saturated heterocycles. The molecule has 1 amide bonds. The van der Waals surface area contributed by atoms with Gasteiger partial charge < -0.3 is 9.09 Å². The fraction of sp³-hybridized carbons (Fsp3) is 0.417. The predicted molar refractivity (Wildman–Crippen MR) is 66.2 cm³/mol. The summed E-state index contributed by atoms with van der Waals surface area (Å²) in [6.07, 6.45) is 3.49. The minimum absolute atomic E-state index is 0.161. The fourth-order valence-electron chi connectivity index (χ4n) is 1.71. The second-order valence-corrected chi connectivity index (χ2v) is 4.45. The Labute approximate surface area is 105 Å². The van der Waals surface area contributed by atoms with Crippen LogP contribution in [-0.2, 0) is 11.3 Å². The first-order valence-electron chi connectivity index (χ1n) is 5.80. The Morgan fingerprint density at radius 1 is 1.56 bits per heavy atom. The molecule has 18 heavy (non-hydrogen) atoms. The van der Waals surface area contributed by atoms with Gasteiger partial charge in [0.05, 0.1) is 5.69 Å². The highest BCUT2D eigenvalue weighted by molar-refractivity contribution is 5.89. The Hall–Kier alpha value is -2.11. The lowest BCUT2D eigenvalue weighted by molar-refractivity contribution is -0.116. The molecule has 2 heterocycles. The van der Waals surface area contributed by atoms with Gasteiger partial charge in [0.1, 0.15) is 12.4 Å². The van der Waals surface area contributed by atoms with Crippen LogP contribution in [-0.4, -0.2) is 20.6 Å². The third-order valence-electron chi connectivity index (χ3n) is 2.47. The van der Waals surface area contributed by atoms with Gasteiger partial charge in [-0.15, -0.1) is 0 Å². The maximum Gasteiger partial charge on any atom is 0.246 e. The maximum absolute atomic E-state index is 11.8. The van der Waals surface area contributed by atoms with Crippen molar-refractivity contribution in [1.82, 2.24) is 14.7 Å². The van der Waals surface area contributed by atoms with Crippen LogP contribution in [0.3, 0.4) is 0 Å². The number of aryl methyl sites for hydroxylation is 1.